The van der Waals surface area contributed by atoms with E-state index in [4.69, 9.17) is 12.3 Å². The van der Waals surface area contributed by atoms with Crippen LogP contribution in [0.4, 0.5) is 17.3 Å². The molecule has 0 bridgehead atoms. The Morgan fingerprint density at radius 1 is 1.37 bits per heavy atom. The summed E-state index contributed by atoms with van der Waals surface area (Å²) in [6, 6.07) is 8.33. The van der Waals surface area contributed by atoms with Gasteiger partial charge in [0, 0.05) is 23.8 Å². The lowest BCUT2D eigenvalue weighted by Crippen LogP contribution is -2.21. The third-order valence-corrected chi connectivity index (χ3v) is 4.86. The zero-order valence-corrected chi connectivity index (χ0v) is 15.1. The van der Waals surface area contributed by atoms with Crippen molar-refractivity contribution in [3.05, 3.63) is 65.5 Å². The van der Waals surface area contributed by atoms with Crippen LogP contribution in [0.3, 0.4) is 0 Å². The molecule has 4 heterocycles. The third-order valence-electron chi connectivity index (χ3n) is 4.86. The normalized spacial score (nSPS) is 15.2. The van der Waals surface area contributed by atoms with Crippen molar-refractivity contribution in [2.75, 3.05) is 24.1 Å². The maximum atomic E-state index is 7.37. The van der Waals surface area contributed by atoms with E-state index in [2.05, 4.69) is 61.2 Å². The summed E-state index contributed by atoms with van der Waals surface area (Å²) >= 11 is 0. The fraction of sp³-hybridized carbons (Fsp3) is 0.250. The van der Waals surface area contributed by atoms with E-state index in [0.29, 0.717) is 5.82 Å². The molecule has 0 saturated heterocycles. The Bertz CT molecular complexity index is 1060. The molecule has 3 aromatic rings. The van der Waals surface area contributed by atoms with Gasteiger partial charge in [-0.05, 0) is 43.7 Å². The molecule has 1 atom stereocenters. The Morgan fingerprint density at radius 2 is 2.26 bits per heavy atom. The molecule has 1 aliphatic heterocycles. The molecule has 3 aromatic heterocycles. The predicted octanol–water partition coefficient (Wildman–Crippen LogP) is 3.41. The van der Waals surface area contributed by atoms with Gasteiger partial charge in [0.1, 0.15) is 18.0 Å². The number of fused-ring (bicyclic) bond motifs is 1. The molecular weight excluding hydrogens is 338 g/mol. The molecule has 0 aromatic carbocycles. The second kappa shape index (κ2) is 7.09. The van der Waals surface area contributed by atoms with Crippen molar-refractivity contribution < 1.29 is 0 Å². The fourth-order valence-corrected chi connectivity index (χ4v) is 3.54. The highest BCUT2D eigenvalue weighted by atomic mass is 15.1. The molecule has 4 rings (SSSR count). The second-order valence-corrected chi connectivity index (χ2v) is 6.56. The first-order valence-electron chi connectivity index (χ1n) is 8.93. The molecule has 136 valence electrons. The van der Waals surface area contributed by atoms with Crippen molar-refractivity contribution in [2.45, 2.75) is 19.4 Å². The Balaban J connectivity index is 1.78. The van der Waals surface area contributed by atoms with Crippen molar-refractivity contribution in [1.82, 2.24) is 19.7 Å². The maximum Gasteiger partial charge on any atom is 0.268 e. The average Bonchev–Trinajstić information content (AvgIpc) is 3.08. The number of nitrogens with two attached hydrogens (primary N) is 1. The molecule has 4 N–H and O–H groups in total. The van der Waals surface area contributed by atoms with Gasteiger partial charge in [-0.25, -0.2) is 14.8 Å². The van der Waals surface area contributed by atoms with Gasteiger partial charge in [-0.15, -0.1) is 0 Å². The van der Waals surface area contributed by atoms with Crippen LogP contribution in [0, 0.1) is 6.57 Å². The summed E-state index contributed by atoms with van der Waals surface area (Å²) in [4.78, 5) is 11.6. The maximum absolute atomic E-state index is 7.37. The van der Waals surface area contributed by atoms with E-state index in [1.807, 2.05) is 12.1 Å². The molecule has 7 nitrogen and oxygen atoms in total. The summed E-state index contributed by atoms with van der Waals surface area (Å²) in [7, 11) is 0. The quantitative estimate of drug-likeness (QED) is 0.622. The van der Waals surface area contributed by atoms with Crippen LogP contribution in [0.2, 0.25) is 0 Å². The Morgan fingerprint density at radius 3 is 3.04 bits per heavy atom. The Hall–Kier alpha value is -3.37. The Labute approximate surface area is 157 Å². The fourth-order valence-electron chi connectivity index (χ4n) is 3.54. The Kier molecular flexibility index (Phi) is 4.48. The summed E-state index contributed by atoms with van der Waals surface area (Å²) in [5, 5.41) is 6.73. The summed E-state index contributed by atoms with van der Waals surface area (Å²) in [5.74, 6) is 0.656. The minimum absolute atomic E-state index is 0.0505. The standard InChI is InChI=1S/C20H21N7/c1-13(26-20-17(22-2)19(21)24-12-25-20)16-11-15-5-3-4-10-27(15)18(16)14-6-8-23-9-7-14/h3-6,10-13,23H,7-9H2,1H3,(H3,21,24,25,26). The molecule has 0 radical (unpaired) electrons. The van der Waals surface area contributed by atoms with Gasteiger partial charge >= 0.3 is 0 Å². The van der Waals surface area contributed by atoms with Gasteiger partial charge in [0.25, 0.3) is 5.69 Å². The molecule has 0 aliphatic carbocycles. The van der Waals surface area contributed by atoms with E-state index < -0.39 is 0 Å². The lowest BCUT2D eigenvalue weighted by atomic mass is 9.99. The van der Waals surface area contributed by atoms with Crippen LogP contribution in [-0.4, -0.2) is 27.5 Å². The minimum Gasteiger partial charge on any atom is -0.392 e. The first-order chi connectivity index (χ1) is 13.2. The van der Waals surface area contributed by atoms with E-state index in [1.54, 1.807) is 0 Å². The van der Waals surface area contributed by atoms with Gasteiger partial charge in [-0.3, -0.25) is 0 Å². The van der Waals surface area contributed by atoms with Crippen LogP contribution in [0.15, 0.2) is 42.9 Å². The van der Waals surface area contributed by atoms with E-state index in [0.717, 1.165) is 25.0 Å². The smallest absolute Gasteiger partial charge is 0.268 e. The highest BCUT2D eigenvalue weighted by Crippen LogP contribution is 2.35. The first-order valence-corrected chi connectivity index (χ1v) is 8.93. The number of nitrogens with zero attached hydrogens (tertiary/aromatic N) is 4. The van der Waals surface area contributed by atoms with Crippen molar-refractivity contribution in [3.8, 4) is 0 Å². The molecule has 0 amide bonds. The molecule has 0 fully saturated rings. The summed E-state index contributed by atoms with van der Waals surface area (Å²) in [6.07, 6.45) is 6.71. The van der Waals surface area contributed by atoms with Crippen LogP contribution < -0.4 is 16.4 Å². The zero-order valence-electron chi connectivity index (χ0n) is 15.1. The van der Waals surface area contributed by atoms with E-state index >= 15 is 0 Å². The van der Waals surface area contributed by atoms with Crippen LogP contribution in [0.25, 0.3) is 15.9 Å². The van der Waals surface area contributed by atoms with E-state index in [-0.39, 0.29) is 17.5 Å². The van der Waals surface area contributed by atoms with Crippen LogP contribution >= 0.6 is 0 Å². The summed E-state index contributed by atoms with van der Waals surface area (Å²) in [5.41, 5.74) is 10.9. The molecule has 1 unspecified atom stereocenters. The van der Waals surface area contributed by atoms with Gasteiger partial charge in [0.2, 0.25) is 0 Å². The SMILES string of the molecule is [C-]#[N+]c1c(N)ncnc1NC(C)c1cc2ccccn2c1C1=CCNCC1. The topological polar surface area (TPSA) is 84.6 Å². The highest BCUT2D eigenvalue weighted by molar-refractivity contribution is 5.77. The highest BCUT2D eigenvalue weighted by Gasteiger charge is 2.21. The third kappa shape index (κ3) is 3.11. The largest absolute Gasteiger partial charge is 0.392 e. The number of hydrogen-bond donors (Lipinski definition) is 3. The lowest BCUT2D eigenvalue weighted by molar-refractivity contribution is 0.734. The summed E-state index contributed by atoms with van der Waals surface area (Å²) in [6.45, 7) is 11.3. The van der Waals surface area contributed by atoms with Gasteiger partial charge in [-0.1, -0.05) is 12.1 Å². The molecule has 0 saturated carbocycles. The van der Waals surface area contributed by atoms with E-state index in [9.17, 15) is 0 Å². The number of rotatable bonds is 4. The second-order valence-electron chi connectivity index (χ2n) is 6.56. The van der Waals surface area contributed by atoms with Crippen LogP contribution in [0.5, 0.6) is 0 Å². The number of hydrogen-bond acceptors (Lipinski definition) is 5. The van der Waals surface area contributed by atoms with Gasteiger partial charge in [-0.2, -0.15) is 0 Å². The molecule has 1 aliphatic rings. The van der Waals surface area contributed by atoms with E-state index in [1.165, 1.54) is 23.2 Å². The minimum atomic E-state index is -0.0505. The number of anilines is 2. The van der Waals surface area contributed by atoms with Crippen LogP contribution in [-0.2, 0) is 0 Å². The average molecular weight is 359 g/mol. The monoisotopic (exact) mass is 359 g/mol. The lowest BCUT2D eigenvalue weighted by Gasteiger charge is -2.20. The molecule has 27 heavy (non-hydrogen) atoms. The first kappa shape index (κ1) is 17.1. The molecular formula is C20H21N7. The molecule has 0 spiro atoms. The van der Waals surface area contributed by atoms with Crippen LogP contribution in [0.1, 0.15) is 30.6 Å². The predicted molar refractivity (Wildman–Crippen MR) is 108 cm³/mol. The van der Waals surface area contributed by atoms with Gasteiger partial charge < -0.3 is 20.8 Å². The zero-order chi connectivity index (χ0) is 18.8. The van der Waals surface area contributed by atoms with Gasteiger partial charge in [0.05, 0.1) is 18.3 Å². The van der Waals surface area contributed by atoms with Crippen molar-refractivity contribution in [3.63, 3.8) is 0 Å². The number of nitrogens with one attached hydrogen (secondary N) is 2. The summed E-state index contributed by atoms with van der Waals surface area (Å²) < 4.78 is 2.23. The number of nitrogen functional groups attached to an aromatic ring is 1. The van der Waals surface area contributed by atoms with Crippen molar-refractivity contribution in [2.24, 2.45) is 0 Å². The number of aromatic nitrogens is 3. The van der Waals surface area contributed by atoms with Crippen molar-refractivity contribution >= 4 is 28.4 Å². The molecule has 7 heteroatoms. The van der Waals surface area contributed by atoms with Crippen molar-refractivity contribution in [1.29, 1.82) is 0 Å². The van der Waals surface area contributed by atoms with Gasteiger partial charge in [0.15, 0.2) is 0 Å². The number of pyridine rings is 1.